The van der Waals surface area contributed by atoms with Crippen LogP contribution >= 0.6 is 8.53 Å². The largest absolute Gasteiger partial charge is 0.496 e. The normalized spacial score (nSPS) is 13.5. The Morgan fingerprint density at radius 1 is 0.861 bits per heavy atom. The van der Waals surface area contributed by atoms with Gasteiger partial charge in [-0.1, -0.05) is 49.5 Å². The van der Waals surface area contributed by atoms with Crippen molar-refractivity contribution in [2.24, 2.45) is 0 Å². The number of benzene rings is 4. The molecule has 0 aliphatic rings. The van der Waals surface area contributed by atoms with Gasteiger partial charge in [-0.25, -0.2) is 4.67 Å². The fourth-order valence-corrected chi connectivity index (χ4v) is 9.85. The predicted octanol–water partition coefficient (Wildman–Crippen LogP) is 7.34. The van der Waals surface area contributed by atoms with Gasteiger partial charge in [-0.05, 0) is 66.6 Å². The van der Waals surface area contributed by atoms with E-state index >= 15 is 0 Å². The molecule has 7 heteroatoms. The van der Waals surface area contributed by atoms with Gasteiger partial charge in [0, 0.05) is 22.9 Å². The Hall–Kier alpha value is -2.26. The van der Waals surface area contributed by atoms with Crippen LogP contribution in [0.15, 0.2) is 48.5 Å². The highest BCUT2D eigenvalue weighted by Gasteiger charge is 2.33. The summed E-state index contributed by atoms with van der Waals surface area (Å²) >= 11 is 0. The lowest BCUT2D eigenvalue weighted by molar-refractivity contribution is 0.190. The molecular formula is C29H37N2O3PSi. The highest BCUT2D eigenvalue weighted by Crippen LogP contribution is 2.46. The maximum Gasteiger partial charge on any atom is 0.258 e. The standard InChI is InChI=1S/C29H37N2O3PSi/c1-20(2)31(21(3)4)35(33-18-8-17-30)34-19-36(6,7)27-16-12-23-9-13-24-26(32-5)15-11-22-10-14-25(27)29(23)28(22)24/h9-16,20-21H,8,18-19H2,1-7H3. The molecule has 5 nitrogen and oxygen atoms in total. The summed E-state index contributed by atoms with van der Waals surface area (Å²) in [5.41, 5.74) is 0. The molecule has 0 bridgehead atoms. The number of rotatable bonds is 11. The van der Waals surface area contributed by atoms with Gasteiger partial charge >= 0.3 is 0 Å². The number of methoxy groups -OCH3 is 1. The summed E-state index contributed by atoms with van der Waals surface area (Å²) in [4.78, 5) is 0. The van der Waals surface area contributed by atoms with Gasteiger partial charge in [0.2, 0.25) is 0 Å². The highest BCUT2D eigenvalue weighted by atomic mass is 31.2. The third kappa shape index (κ3) is 5.09. The van der Waals surface area contributed by atoms with Crippen molar-refractivity contribution in [2.75, 3.05) is 19.9 Å². The van der Waals surface area contributed by atoms with E-state index in [-0.39, 0.29) is 12.1 Å². The smallest absolute Gasteiger partial charge is 0.258 e. The molecule has 0 aromatic heterocycles. The summed E-state index contributed by atoms with van der Waals surface area (Å²) < 4.78 is 20.8. The van der Waals surface area contributed by atoms with Crippen LogP contribution in [-0.2, 0) is 9.05 Å². The van der Waals surface area contributed by atoms with Gasteiger partial charge in [-0.3, -0.25) is 0 Å². The fourth-order valence-electron chi connectivity index (χ4n) is 5.15. The van der Waals surface area contributed by atoms with Crippen LogP contribution in [0.5, 0.6) is 5.75 Å². The zero-order valence-electron chi connectivity index (χ0n) is 22.5. The van der Waals surface area contributed by atoms with Crippen LogP contribution in [0.25, 0.3) is 32.3 Å². The maximum atomic E-state index is 9.02. The third-order valence-corrected chi connectivity index (χ3v) is 11.8. The van der Waals surface area contributed by atoms with Crippen LogP contribution in [0.4, 0.5) is 0 Å². The Morgan fingerprint density at radius 2 is 1.44 bits per heavy atom. The first-order valence-electron chi connectivity index (χ1n) is 12.7. The quantitative estimate of drug-likeness (QED) is 0.0896. The maximum absolute atomic E-state index is 9.02. The van der Waals surface area contributed by atoms with Crippen LogP contribution < -0.4 is 9.92 Å². The summed E-state index contributed by atoms with van der Waals surface area (Å²) in [5, 5.41) is 17.9. The average Bonchev–Trinajstić information content (AvgIpc) is 2.85. The Bertz CT molecular complexity index is 1370. The lowest BCUT2D eigenvalue weighted by Crippen LogP contribution is -2.47. The molecule has 1 unspecified atom stereocenters. The Morgan fingerprint density at radius 3 is 2.06 bits per heavy atom. The lowest BCUT2D eigenvalue weighted by atomic mass is 9.94. The summed E-state index contributed by atoms with van der Waals surface area (Å²) in [6.07, 6.45) is 1.01. The van der Waals surface area contributed by atoms with Gasteiger partial charge in [0.05, 0.1) is 32.4 Å². The molecule has 0 heterocycles. The minimum atomic E-state index is -2.03. The first kappa shape index (κ1) is 26.8. The van der Waals surface area contributed by atoms with Gasteiger partial charge in [-0.15, -0.1) is 0 Å². The first-order chi connectivity index (χ1) is 17.2. The predicted molar refractivity (Wildman–Crippen MR) is 155 cm³/mol. The van der Waals surface area contributed by atoms with Crippen molar-refractivity contribution in [1.82, 2.24) is 4.67 Å². The topological polar surface area (TPSA) is 54.7 Å². The van der Waals surface area contributed by atoms with Crippen LogP contribution in [-0.4, -0.2) is 44.8 Å². The number of nitriles is 1. The van der Waals surface area contributed by atoms with E-state index in [2.05, 4.69) is 100 Å². The van der Waals surface area contributed by atoms with E-state index < -0.39 is 16.6 Å². The van der Waals surface area contributed by atoms with Crippen molar-refractivity contribution in [2.45, 2.75) is 59.3 Å². The number of hydrogen-bond acceptors (Lipinski definition) is 5. The summed E-state index contributed by atoms with van der Waals surface area (Å²) in [6.45, 7) is 13.8. The number of ether oxygens (including phenoxy) is 1. The molecule has 0 saturated carbocycles. The molecule has 4 aromatic carbocycles. The fraction of sp³-hybridized carbons (Fsp3) is 0.414. The summed E-state index contributed by atoms with van der Waals surface area (Å²) in [6, 6.07) is 20.4. The van der Waals surface area contributed by atoms with Gasteiger partial charge in [-0.2, -0.15) is 5.26 Å². The number of hydrogen-bond donors (Lipinski definition) is 0. The number of nitrogens with zero attached hydrogens (tertiary/aromatic N) is 2. The first-order valence-corrected chi connectivity index (χ1v) is 17.0. The van der Waals surface area contributed by atoms with Crippen molar-refractivity contribution in [3.05, 3.63) is 48.5 Å². The van der Waals surface area contributed by atoms with Crippen molar-refractivity contribution in [3.63, 3.8) is 0 Å². The highest BCUT2D eigenvalue weighted by molar-refractivity contribution is 7.44. The van der Waals surface area contributed by atoms with E-state index in [4.69, 9.17) is 19.0 Å². The van der Waals surface area contributed by atoms with Gasteiger partial charge in [0.1, 0.15) is 13.8 Å². The van der Waals surface area contributed by atoms with E-state index in [9.17, 15) is 0 Å². The van der Waals surface area contributed by atoms with Gasteiger partial charge in [0.15, 0.2) is 0 Å². The van der Waals surface area contributed by atoms with E-state index in [0.29, 0.717) is 19.3 Å². The second kappa shape index (κ2) is 11.0. The summed E-state index contributed by atoms with van der Waals surface area (Å²) in [5.74, 6) is 0.907. The van der Waals surface area contributed by atoms with Crippen molar-refractivity contribution < 1.29 is 13.8 Å². The SMILES string of the molecule is COc1ccc2ccc3c([Si](C)(C)COP(OCCC#N)N(C(C)C)C(C)C)ccc4ccc1c2c43. The van der Waals surface area contributed by atoms with Crippen LogP contribution in [0.1, 0.15) is 34.1 Å². The van der Waals surface area contributed by atoms with E-state index in [0.717, 1.165) is 11.1 Å². The molecule has 4 rings (SSSR count). The van der Waals surface area contributed by atoms with Crippen LogP contribution in [0.2, 0.25) is 13.1 Å². The molecule has 0 saturated heterocycles. The summed E-state index contributed by atoms with van der Waals surface area (Å²) in [7, 11) is -1.55. The Labute approximate surface area is 217 Å². The minimum absolute atomic E-state index is 0.285. The molecule has 0 fully saturated rings. The zero-order valence-corrected chi connectivity index (χ0v) is 24.4. The molecule has 0 aliphatic heterocycles. The molecule has 1 atom stereocenters. The van der Waals surface area contributed by atoms with E-state index in [1.165, 1.54) is 32.1 Å². The minimum Gasteiger partial charge on any atom is -0.496 e. The molecule has 0 spiro atoms. The monoisotopic (exact) mass is 520 g/mol. The molecule has 0 amide bonds. The van der Waals surface area contributed by atoms with Crippen molar-refractivity contribution >= 4 is 54.1 Å². The average molecular weight is 521 g/mol. The second-order valence-corrected chi connectivity index (χ2v) is 16.6. The van der Waals surface area contributed by atoms with Crippen LogP contribution in [0, 0.1) is 11.3 Å². The molecule has 0 N–H and O–H groups in total. The molecule has 4 aromatic rings. The molecular weight excluding hydrogens is 483 g/mol. The van der Waals surface area contributed by atoms with Crippen molar-refractivity contribution in [1.29, 1.82) is 5.26 Å². The molecule has 36 heavy (non-hydrogen) atoms. The van der Waals surface area contributed by atoms with E-state index in [1.807, 2.05) is 0 Å². The van der Waals surface area contributed by atoms with Gasteiger partial charge in [0.25, 0.3) is 8.53 Å². The van der Waals surface area contributed by atoms with Gasteiger partial charge < -0.3 is 13.8 Å². The van der Waals surface area contributed by atoms with Crippen molar-refractivity contribution in [3.8, 4) is 11.8 Å². The van der Waals surface area contributed by atoms with Crippen LogP contribution in [0.3, 0.4) is 0 Å². The van der Waals surface area contributed by atoms with E-state index in [1.54, 1.807) is 7.11 Å². The lowest BCUT2D eigenvalue weighted by Gasteiger charge is -2.37. The molecule has 190 valence electrons. The molecule has 0 aliphatic carbocycles. The third-order valence-electron chi connectivity index (χ3n) is 6.77. The second-order valence-electron chi connectivity index (χ2n) is 10.5. The zero-order chi connectivity index (χ0) is 26.0. The Kier molecular flexibility index (Phi) is 8.19. The Balaban J connectivity index is 1.73. The molecule has 0 radical (unpaired) electrons.